The summed E-state index contributed by atoms with van der Waals surface area (Å²) in [4.78, 5) is 0. The van der Waals surface area contributed by atoms with E-state index in [0.29, 0.717) is 12.0 Å². The zero-order valence-corrected chi connectivity index (χ0v) is 13.2. The minimum absolute atomic E-state index is 0.309. The molecule has 0 radical (unpaired) electrons. The molecule has 5 nitrogen and oxygen atoms in total. The van der Waals surface area contributed by atoms with Crippen LogP contribution in [-0.4, -0.2) is 26.1 Å². The minimum atomic E-state index is 0.309. The number of hydrogen-bond acceptors (Lipinski definition) is 3. The Kier molecular flexibility index (Phi) is 3.99. The summed E-state index contributed by atoms with van der Waals surface area (Å²) < 4.78 is 4.14. The molecule has 2 aromatic heterocycles. The number of nitrogens with one attached hydrogen (secondary N) is 1. The molecule has 0 fully saturated rings. The van der Waals surface area contributed by atoms with Crippen molar-refractivity contribution in [3.8, 4) is 0 Å². The third-order valence-corrected chi connectivity index (χ3v) is 4.36. The molecular formula is C16H25N5. The van der Waals surface area contributed by atoms with E-state index in [9.17, 15) is 0 Å². The number of rotatable bonds is 5. The highest BCUT2D eigenvalue weighted by molar-refractivity contribution is 5.41. The van der Waals surface area contributed by atoms with E-state index in [1.807, 2.05) is 10.9 Å². The second kappa shape index (κ2) is 5.92. The predicted octanol–water partition coefficient (Wildman–Crippen LogP) is 3.41. The first-order chi connectivity index (χ1) is 10.2. The Morgan fingerprint density at radius 1 is 1.43 bits per heavy atom. The lowest BCUT2D eigenvalue weighted by atomic mass is 10.0. The summed E-state index contributed by atoms with van der Waals surface area (Å²) in [6.07, 6.45) is 7.58. The molecule has 0 saturated heterocycles. The molecule has 0 bridgehead atoms. The van der Waals surface area contributed by atoms with Crippen molar-refractivity contribution in [3.05, 3.63) is 29.7 Å². The lowest BCUT2D eigenvalue weighted by molar-refractivity contribution is 0.472. The van der Waals surface area contributed by atoms with E-state index in [2.05, 4.69) is 48.1 Å². The van der Waals surface area contributed by atoms with Crippen LogP contribution in [0.2, 0.25) is 0 Å². The summed E-state index contributed by atoms with van der Waals surface area (Å²) in [7, 11) is 0. The fourth-order valence-corrected chi connectivity index (χ4v) is 3.10. The van der Waals surface area contributed by atoms with Gasteiger partial charge in [0, 0.05) is 36.8 Å². The fraction of sp³-hybridized carbons (Fsp3) is 0.625. The van der Waals surface area contributed by atoms with Gasteiger partial charge >= 0.3 is 0 Å². The van der Waals surface area contributed by atoms with Crippen LogP contribution in [0.3, 0.4) is 0 Å². The van der Waals surface area contributed by atoms with Crippen LogP contribution in [0, 0.1) is 0 Å². The molecule has 5 heteroatoms. The monoisotopic (exact) mass is 287 g/mol. The van der Waals surface area contributed by atoms with Gasteiger partial charge in [-0.25, -0.2) is 4.68 Å². The van der Waals surface area contributed by atoms with E-state index in [4.69, 9.17) is 5.10 Å². The van der Waals surface area contributed by atoms with Gasteiger partial charge in [0.1, 0.15) is 5.82 Å². The van der Waals surface area contributed by atoms with E-state index in [1.165, 1.54) is 24.1 Å². The molecule has 2 unspecified atom stereocenters. The van der Waals surface area contributed by atoms with Crippen LogP contribution in [0.1, 0.15) is 63.3 Å². The zero-order valence-electron chi connectivity index (χ0n) is 13.2. The highest BCUT2D eigenvalue weighted by Gasteiger charge is 2.25. The maximum Gasteiger partial charge on any atom is 0.125 e. The van der Waals surface area contributed by atoms with E-state index in [1.54, 1.807) is 0 Å². The Morgan fingerprint density at radius 2 is 2.29 bits per heavy atom. The standard InChI is InChI=1S/C16H25N5/c1-4-6-12(3)14-9-16-17-8-7-15(21(16)19-14)13-10-18-20(5-2)11-13/h9-12,15,17H,4-8H2,1-3H3. The first kappa shape index (κ1) is 14.2. The Morgan fingerprint density at radius 3 is 3.00 bits per heavy atom. The van der Waals surface area contributed by atoms with Crippen molar-refractivity contribution in [2.75, 3.05) is 11.9 Å². The van der Waals surface area contributed by atoms with Gasteiger partial charge in [0.2, 0.25) is 0 Å². The topological polar surface area (TPSA) is 47.7 Å². The van der Waals surface area contributed by atoms with E-state index in [-0.39, 0.29) is 0 Å². The number of aryl methyl sites for hydroxylation is 1. The maximum atomic E-state index is 4.88. The smallest absolute Gasteiger partial charge is 0.125 e. The number of anilines is 1. The zero-order chi connectivity index (χ0) is 14.8. The summed E-state index contributed by atoms with van der Waals surface area (Å²) in [6, 6.07) is 2.53. The summed E-state index contributed by atoms with van der Waals surface area (Å²) in [5.74, 6) is 1.67. The van der Waals surface area contributed by atoms with Crippen molar-refractivity contribution in [2.24, 2.45) is 0 Å². The second-order valence-corrected chi connectivity index (χ2v) is 5.95. The lowest BCUT2D eigenvalue weighted by Crippen LogP contribution is -2.24. The van der Waals surface area contributed by atoms with Gasteiger partial charge in [-0.05, 0) is 19.8 Å². The van der Waals surface area contributed by atoms with Crippen LogP contribution >= 0.6 is 0 Å². The lowest BCUT2D eigenvalue weighted by Gasteiger charge is -2.24. The van der Waals surface area contributed by atoms with E-state index in [0.717, 1.165) is 25.3 Å². The molecule has 0 aliphatic carbocycles. The summed E-state index contributed by atoms with van der Waals surface area (Å²) in [5.41, 5.74) is 2.46. The Hall–Kier alpha value is -1.78. The maximum absolute atomic E-state index is 4.88. The van der Waals surface area contributed by atoms with Crippen LogP contribution in [0.25, 0.3) is 0 Å². The predicted molar refractivity (Wildman–Crippen MR) is 84.7 cm³/mol. The highest BCUT2D eigenvalue weighted by Crippen LogP contribution is 2.32. The van der Waals surface area contributed by atoms with Crippen LogP contribution in [0.5, 0.6) is 0 Å². The molecule has 3 rings (SSSR count). The van der Waals surface area contributed by atoms with Crippen molar-refractivity contribution in [2.45, 2.75) is 58.5 Å². The van der Waals surface area contributed by atoms with Gasteiger partial charge in [0.25, 0.3) is 0 Å². The molecule has 2 atom stereocenters. The van der Waals surface area contributed by atoms with Gasteiger partial charge in [-0.2, -0.15) is 10.2 Å². The van der Waals surface area contributed by atoms with Gasteiger partial charge in [-0.15, -0.1) is 0 Å². The summed E-state index contributed by atoms with van der Waals surface area (Å²) >= 11 is 0. The SMILES string of the molecule is CCCC(C)c1cc2n(n1)C(c1cnn(CC)c1)CCN2. The molecule has 1 N–H and O–H groups in total. The molecule has 21 heavy (non-hydrogen) atoms. The van der Waals surface area contributed by atoms with Crippen molar-refractivity contribution in [1.82, 2.24) is 19.6 Å². The number of nitrogens with zero attached hydrogens (tertiary/aromatic N) is 4. The molecule has 3 heterocycles. The first-order valence-corrected chi connectivity index (χ1v) is 8.08. The van der Waals surface area contributed by atoms with Crippen molar-refractivity contribution in [1.29, 1.82) is 0 Å². The van der Waals surface area contributed by atoms with Gasteiger partial charge in [-0.1, -0.05) is 20.3 Å². The average Bonchev–Trinajstić information content (AvgIpc) is 3.13. The van der Waals surface area contributed by atoms with Crippen molar-refractivity contribution >= 4 is 5.82 Å². The normalized spacial score (nSPS) is 19.1. The number of fused-ring (bicyclic) bond motifs is 1. The minimum Gasteiger partial charge on any atom is -0.370 e. The first-order valence-electron chi connectivity index (χ1n) is 8.08. The van der Waals surface area contributed by atoms with Crippen LogP contribution in [0.4, 0.5) is 5.82 Å². The fourth-order valence-electron chi connectivity index (χ4n) is 3.10. The Bertz CT molecular complexity index is 598. The van der Waals surface area contributed by atoms with E-state index >= 15 is 0 Å². The van der Waals surface area contributed by atoms with Gasteiger partial charge in [-0.3, -0.25) is 4.68 Å². The van der Waals surface area contributed by atoms with Crippen molar-refractivity contribution in [3.63, 3.8) is 0 Å². The van der Waals surface area contributed by atoms with Gasteiger partial charge in [0.15, 0.2) is 0 Å². The van der Waals surface area contributed by atoms with Gasteiger partial charge < -0.3 is 5.32 Å². The Balaban J connectivity index is 1.90. The third kappa shape index (κ3) is 2.69. The van der Waals surface area contributed by atoms with Gasteiger partial charge in [0.05, 0.1) is 17.9 Å². The second-order valence-electron chi connectivity index (χ2n) is 5.95. The number of aromatic nitrogens is 4. The van der Waals surface area contributed by atoms with Crippen LogP contribution in [0.15, 0.2) is 18.5 Å². The van der Waals surface area contributed by atoms with Crippen LogP contribution < -0.4 is 5.32 Å². The largest absolute Gasteiger partial charge is 0.370 e. The Labute approximate surface area is 126 Å². The quantitative estimate of drug-likeness (QED) is 0.916. The average molecular weight is 287 g/mol. The molecule has 0 saturated carbocycles. The molecule has 0 spiro atoms. The molecule has 0 amide bonds. The molecule has 2 aromatic rings. The van der Waals surface area contributed by atoms with Crippen molar-refractivity contribution < 1.29 is 0 Å². The summed E-state index contributed by atoms with van der Waals surface area (Å²) in [5, 5.41) is 12.8. The summed E-state index contributed by atoms with van der Waals surface area (Å²) in [6.45, 7) is 8.52. The highest BCUT2D eigenvalue weighted by atomic mass is 15.4. The molecule has 114 valence electrons. The van der Waals surface area contributed by atoms with E-state index < -0.39 is 0 Å². The molecule has 1 aliphatic heterocycles. The molecule has 1 aliphatic rings. The molecular weight excluding hydrogens is 262 g/mol. The van der Waals surface area contributed by atoms with Crippen LogP contribution in [-0.2, 0) is 6.54 Å². The molecule has 0 aromatic carbocycles. The number of hydrogen-bond donors (Lipinski definition) is 1. The third-order valence-electron chi connectivity index (χ3n) is 4.36.